The smallest absolute Gasteiger partial charge is 0.265 e. The van der Waals surface area contributed by atoms with Crippen LogP contribution in [0.5, 0.6) is 0 Å². The number of anilines is 1. The highest BCUT2D eigenvalue weighted by Gasteiger charge is 2.25. The second-order valence-corrected chi connectivity index (χ2v) is 7.00. The van der Waals surface area contributed by atoms with E-state index in [1.807, 2.05) is 30.3 Å². The number of aromatic nitrogens is 4. The molecule has 1 aromatic carbocycles. The number of nitrogens with one attached hydrogen (secondary N) is 1. The third kappa shape index (κ3) is 2.88. The first kappa shape index (κ1) is 16.1. The zero-order valence-electron chi connectivity index (χ0n) is 13.6. The lowest BCUT2D eigenvalue weighted by atomic mass is 10.1. The first-order chi connectivity index (χ1) is 11.4. The summed E-state index contributed by atoms with van der Waals surface area (Å²) in [5.74, 6) is 0. The van der Waals surface area contributed by atoms with Gasteiger partial charge in [0.2, 0.25) is 0 Å². The predicted molar refractivity (Wildman–Crippen MR) is 91.0 cm³/mol. The van der Waals surface area contributed by atoms with Gasteiger partial charge in [-0.2, -0.15) is 5.10 Å². The van der Waals surface area contributed by atoms with Gasteiger partial charge in [0.25, 0.3) is 10.0 Å². The minimum absolute atomic E-state index is 0.174. The maximum Gasteiger partial charge on any atom is 0.265 e. The molecule has 2 heterocycles. The van der Waals surface area contributed by atoms with Crippen LogP contribution in [0.1, 0.15) is 11.4 Å². The molecule has 1 N–H and O–H groups in total. The molecule has 0 fully saturated rings. The van der Waals surface area contributed by atoms with Crippen LogP contribution in [-0.2, 0) is 17.1 Å². The molecule has 0 spiro atoms. The summed E-state index contributed by atoms with van der Waals surface area (Å²) in [6.45, 7) is 3.38. The second-order valence-electron chi connectivity index (χ2n) is 5.38. The highest BCUT2D eigenvalue weighted by Crippen LogP contribution is 2.28. The van der Waals surface area contributed by atoms with E-state index in [0.29, 0.717) is 22.8 Å². The summed E-state index contributed by atoms with van der Waals surface area (Å²) in [6, 6.07) is 9.34. The molecule has 0 saturated carbocycles. The molecule has 8 heteroatoms. The maximum absolute atomic E-state index is 12.8. The van der Waals surface area contributed by atoms with Crippen molar-refractivity contribution in [2.45, 2.75) is 18.7 Å². The Balaban J connectivity index is 2.06. The van der Waals surface area contributed by atoms with Crippen molar-refractivity contribution in [3.63, 3.8) is 0 Å². The van der Waals surface area contributed by atoms with Crippen molar-refractivity contribution in [3.05, 3.63) is 54.2 Å². The van der Waals surface area contributed by atoms with Crippen molar-refractivity contribution in [3.8, 4) is 11.3 Å². The van der Waals surface area contributed by atoms with Crippen LogP contribution in [-0.4, -0.2) is 28.2 Å². The number of hydrogen-bond donors (Lipinski definition) is 1. The molecule has 24 heavy (non-hydrogen) atoms. The van der Waals surface area contributed by atoms with Crippen molar-refractivity contribution in [2.75, 3.05) is 4.72 Å². The number of rotatable bonds is 4. The van der Waals surface area contributed by atoms with E-state index in [2.05, 4.69) is 19.8 Å². The molecular weight excluding hydrogens is 326 g/mol. The molecule has 0 saturated heterocycles. The Hall–Kier alpha value is -2.74. The monoisotopic (exact) mass is 343 g/mol. The van der Waals surface area contributed by atoms with Gasteiger partial charge < -0.3 is 0 Å². The van der Waals surface area contributed by atoms with E-state index in [0.717, 1.165) is 5.56 Å². The van der Waals surface area contributed by atoms with Crippen LogP contribution in [0.3, 0.4) is 0 Å². The molecule has 0 aliphatic rings. The molecule has 124 valence electrons. The van der Waals surface area contributed by atoms with Gasteiger partial charge in [0.15, 0.2) is 0 Å². The van der Waals surface area contributed by atoms with Crippen LogP contribution < -0.4 is 4.72 Å². The molecule has 0 unspecified atom stereocenters. The van der Waals surface area contributed by atoms with Crippen molar-refractivity contribution in [2.24, 2.45) is 7.05 Å². The molecule has 7 nitrogen and oxygen atoms in total. The summed E-state index contributed by atoms with van der Waals surface area (Å²) in [4.78, 5) is 8.33. The van der Waals surface area contributed by atoms with E-state index < -0.39 is 10.0 Å². The van der Waals surface area contributed by atoms with Crippen molar-refractivity contribution in [1.29, 1.82) is 0 Å². The van der Waals surface area contributed by atoms with Gasteiger partial charge in [-0.15, -0.1) is 0 Å². The first-order valence-electron chi connectivity index (χ1n) is 7.28. The van der Waals surface area contributed by atoms with Crippen LogP contribution in [0, 0.1) is 13.8 Å². The Morgan fingerprint density at radius 2 is 1.83 bits per heavy atom. The Labute approximate surface area is 140 Å². The van der Waals surface area contributed by atoms with Gasteiger partial charge in [0, 0.05) is 12.6 Å². The van der Waals surface area contributed by atoms with Gasteiger partial charge in [-0.3, -0.25) is 9.40 Å². The Morgan fingerprint density at radius 1 is 1.12 bits per heavy atom. The minimum atomic E-state index is -3.80. The van der Waals surface area contributed by atoms with Crippen LogP contribution in [0.4, 0.5) is 5.69 Å². The van der Waals surface area contributed by atoms with Crippen molar-refractivity contribution < 1.29 is 8.42 Å². The number of hydrogen-bond acceptors (Lipinski definition) is 5. The molecule has 0 amide bonds. The summed E-state index contributed by atoms with van der Waals surface area (Å²) < 4.78 is 29.8. The average molecular weight is 343 g/mol. The fourth-order valence-corrected chi connectivity index (χ4v) is 4.06. The van der Waals surface area contributed by atoms with Gasteiger partial charge in [0.1, 0.15) is 11.2 Å². The third-order valence-corrected chi connectivity index (χ3v) is 5.33. The fraction of sp³-hybridized carbons (Fsp3) is 0.188. The zero-order chi connectivity index (χ0) is 17.3. The number of sulfonamides is 1. The van der Waals surface area contributed by atoms with E-state index in [4.69, 9.17) is 0 Å². The molecule has 0 aliphatic heterocycles. The Bertz CT molecular complexity index is 981. The lowest BCUT2D eigenvalue weighted by Crippen LogP contribution is -2.16. The van der Waals surface area contributed by atoms with Crippen LogP contribution in [0.2, 0.25) is 0 Å². The number of benzene rings is 1. The van der Waals surface area contributed by atoms with Crippen LogP contribution >= 0.6 is 0 Å². The van der Waals surface area contributed by atoms with E-state index in [1.54, 1.807) is 25.6 Å². The van der Waals surface area contributed by atoms with Gasteiger partial charge in [-0.25, -0.2) is 18.4 Å². The van der Waals surface area contributed by atoms with Gasteiger partial charge in [-0.1, -0.05) is 30.3 Å². The minimum Gasteiger partial charge on any atom is -0.276 e. The van der Waals surface area contributed by atoms with Crippen LogP contribution in [0.25, 0.3) is 11.3 Å². The van der Waals surface area contributed by atoms with Crippen molar-refractivity contribution >= 4 is 15.7 Å². The SMILES string of the molecule is Cc1nn(C)c(C)c1S(=O)(=O)Nc1cncnc1-c1ccccc1. The summed E-state index contributed by atoms with van der Waals surface area (Å²) in [7, 11) is -2.09. The molecule has 0 radical (unpaired) electrons. The molecule has 0 aliphatic carbocycles. The second kappa shape index (κ2) is 6.04. The van der Waals surface area contributed by atoms with Crippen molar-refractivity contribution in [1.82, 2.24) is 19.7 Å². The number of nitrogens with zero attached hydrogens (tertiary/aromatic N) is 4. The first-order valence-corrected chi connectivity index (χ1v) is 8.77. The lowest BCUT2D eigenvalue weighted by molar-refractivity contribution is 0.599. The third-order valence-electron chi connectivity index (χ3n) is 3.72. The quantitative estimate of drug-likeness (QED) is 0.785. The average Bonchev–Trinajstić information content (AvgIpc) is 2.81. The largest absolute Gasteiger partial charge is 0.276 e. The van der Waals surface area contributed by atoms with E-state index in [9.17, 15) is 8.42 Å². The molecule has 3 rings (SSSR count). The van der Waals surface area contributed by atoms with Gasteiger partial charge in [-0.05, 0) is 13.8 Å². The highest BCUT2D eigenvalue weighted by molar-refractivity contribution is 7.92. The molecule has 3 aromatic rings. The Kier molecular flexibility index (Phi) is 4.06. The van der Waals surface area contributed by atoms with E-state index in [1.165, 1.54) is 12.5 Å². The Morgan fingerprint density at radius 3 is 2.46 bits per heavy atom. The summed E-state index contributed by atoms with van der Waals surface area (Å²) in [5, 5.41) is 4.17. The van der Waals surface area contributed by atoms with Gasteiger partial charge in [0.05, 0.1) is 29.0 Å². The highest BCUT2D eigenvalue weighted by atomic mass is 32.2. The molecular formula is C16H17N5O2S. The summed E-state index contributed by atoms with van der Waals surface area (Å²) in [6.07, 6.45) is 2.84. The number of aryl methyl sites for hydroxylation is 2. The predicted octanol–water partition coefficient (Wildman–Crippen LogP) is 2.29. The molecule has 0 atom stereocenters. The standard InChI is InChI=1S/C16H17N5O2S/c1-11-16(12(2)21(3)19-11)24(22,23)20-14-9-17-10-18-15(14)13-7-5-4-6-8-13/h4-10,20H,1-3H3. The summed E-state index contributed by atoms with van der Waals surface area (Å²) in [5.41, 5.74) is 2.66. The van der Waals surface area contributed by atoms with Gasteiger partial charge >= 0.3 is 0 Å². The topological polar surface area (TPSA) is 89.8 Å². The molecule has 2 aromatic heterocycles. The molecule has 0 bridgehead atoms. The zero-order valence-corrected chi connectivity index (χ0v) is 14.4. The van der Waals surface area contributed by atoms with E-state index >= 15 is 0 Å². The van der Waals surface area contributed by atoms with Crippen LogP contribution in [0.15, 0.2) is 47.8 Å². The summed E-state index contributed by atoms with van der Waals surface area (Å²) >= 11 is 0. The lowest BCUT2D eigenvalue weighted by Gasteiger charge is -2.11. The normalized spacial score (nSPS) is 11.5. The maximum atomic E-state index is 12.8. The fourth-order valence-electron chi connectivity index (χ4n) is 2.57. The van der Waals surface area contributed by atoms with E-state index in [-0.39, 0.29) is 4.90 Å².